The van der Waals surface area contributed by atoms with Gasteiger partial charge in [0.05, 0.1) is 0 Å². The fraction of sp³-hybridized carbons (Fsp3) is 1.00. The summed E-state index contributed by atoms with van der Waals surface area (Å²) < 4.78 is 0. The van der Waals surface area contributed by atoms with E-state index < -0.39 is 0 Å². The van der Waals surface area contributed by atoms with Gasteiger partial charge in [0.2, 0.25) is 0 Å². The first-order valence-corrected chi connectivity index (χ1v) is 3.53. The van der Waals surface area contributed by atoms with Crippen molar-refractivity contribution >= 4 is 12.6 Å². The maximum Gasteiger partial charge on any atom is 0.0492 e. The molecule has 8 heavy (non-hydrogen) atoms. The summed E-state index contributed by atoms with van der Waals surface area (Å²) in [7, 11) is 0. The molecular formula is C6H14OS. The minimum absolute atomic E-state index is 0.0448. The van der Waals surface area contributed by atoms with Crippen molar-refractivity contribution < 1.29 is 5.11 Å². The summed E-state index contributed by atoms with van der Waals surface area (Å²) >= 11 is 4.10. The molecule has 0 saturated carbocycles. The molecule has 0 aromatic heterocycles. The predicted molar refractivity (Wildman–Crippen MR) is 39.3 cm³/mol. The molecule has 0 aromatic rings. The molecule has 0 fully saturated rings. The molecular weight excluding hydrogens is 120 g/mol. The normalized spacial score (nSPS) is 18.0. The van der Waals surface area contributed by atoms with Gasteiger partial charge in [-0.1, -0.05) is 13.8 Å². The number of rotatable bonds is 3. The van der Waals surface area contributed by atoms with E-state index in [4.69, 9.17) is 5.11 Å². The molecule has 0 aliphatic carbocycles. The molecule has 0 heterocycles. The van der Waals surface area contributed by atoms with Crippen LogP contribution in [0.1, 0.15) is 20.3 Å². The molecule has 50 valence electrons. The van der Waals surface area contributed by atoms with Crippen LogP contribution in [-0.4, -0.2) is 17.5 Å². The Morgan fingerprint density at radius 3 is 2.12 bits per heavy atom. The average molecular weight is 134 g/mol. The first-order chi connectivity index (χ1) is 3.68. The third-order valence-corrected chi connectivity index (χ3v) is 2.38. The summed E-state index contributed by atoms with van der Waals surface area (Å²) in [5, 5.41) is 8.74. The van der Waals surface area contributed by atoms with E-state index in [1.807, 2.05) is 6.92 Å². The Labute approximate surface area is 56.5 Å². The highest BCUT2D eigenvalue weighted by molar-refractivity contribution is 7.80. The Balaban J connectivity index is 3.58. The molecule has 0 amide bonds. The summed E-state index contributed by atoms with van der Waals surface area (Å²) in [4.78, 5) is 0. The maximum atomic E-state index is 8.74. The lowest BCUT2D eigenvalue weighted by molar-refractivity contribution is 0.160. The Morgan fingerprint density at radius 2 is 2.12 bits per heavy atom. The van der Waals surface area contributed by atoms with Crippen LogP contribution >= 0.6 is 12.6 Å². The fourth-order valence-corrected chi connectivity index (χ4v) is 0.597. The van der Waals surface area contributed by atoms with E-state index in [9.17, 15) is 0 Å². The lowest BCUT2D eigenvalue weighted by atomic mass is 9.91. The maximum absolute atomic E-state index is 8.74. The van der Waals surface area contributed by atoms with Gasteiger partial charge < -0.3 is 5.11 Å². The highest BCUT2D eigenvalue weighted by Crippen LogP contribution is 2.20. The van der Waals surface area contributed by atoms with E-state index in [2.05, 4.69) is 19.6 Å². The first-order valence-electron chi connectivity index (χ1n) is 2.90. The molecule has 1 nitrogen and oxygen atoms in total. The Morgan fingerprint density at radius 1 is 1.62 bits per heavy atom. The second kappa shape index (κ2) is 3.36. The topological polar surface area (TPSA) is 20.2 Å². The smallest absolute Gasteiger partial charge is 0.0492 e. The minimum Gasteiger partial charge on any atom is -0.396 e. The van der Waals surface area contributed by atoms with Crippen molar-refractivity contribution in [1.82, 2.24) is 0 Å². The van der Waals surface area contributed by atoms with Gasteiger partial charge in [-0.3, -0.25) is 0 Å². The van der Waals surface area contributed by atoms with Crippen molar-refractivity contribution in [2.45, 2.75) is 20.3 Å². The van der Waals surface area contributed by atoms with Crippen LogP contribution in [0.25, 0.3) is 0 Å². The quantitative estimate of drug-likeness (QED) is 0.558. The van der Waals surface area contributed by atoms with Crippen LogP contribution < -0.4 is 0 Å². The predicted octanol–water partition coefficient (Wildman–Crippen LogP) is 1.32. The Hall–Kier alpha value is 0.310. The van der Waals surface area contributed by atoms with Crippen LogP contribution in [0.15, 0.2) is 0 Å². The summed E-state index contributed by atoms with van der Waals surface area (Å²) in [5.41, 5.74) is 0.0448. The van der Waals surface area contributed by atoms with Crippen LogP contribution in [0, 0.1) is 5.41 Å². The summed E-state index contributed by atoms with van der Waals surface area (Å²) in [6.07, 6.45) is 0.993. The molecule has 0 bridgehead atoms. The molecule has 0 radical (unpaired) electrons. The highest BCUT2D eigenvalue weighted by Gasteiger charge is 2.17. The molecule has 0 spiro atoms. The van der Waals surface area contributed by atoms with Crippen LogP contribution in [0.3, 0.4) is 0 Å². The SMILES string of the molecule is CCC(C)(CO)CS. The number of hydrogen-bond acceptors (Lipinski definition) is 2. The fourth-order valence-electron chi connectivity index (χ4n) is 0.274. The highest BCUT2D eigenvalue weighted by atomic mass is 32.1. The van der Waals surface area contributed by atoms with Crippen molar-refractivity contribution in [2.75, 3.05) is 12.4 Å². The monoisotopic (exact) mass is 134 g/mol. The molecule has 0 saturated heterocycles. The van der Waals surface area contributed by atoms with Crippen LogP contribution in [0.5, 0.6) is 0 Å². The number of thiol groups is 1. The van der Waals surface area contributed by atoms with E-state index in [1.165, 1.54) is 0 Å². The Bertz CT molecular complexity index is 51.3. The zero-order valence-electron chi connectivity index (χ0n) is 5.52. The second-order valence-electron chi connectivity index (χ2n) is 2.48. The second-order valence-corrected chi connectivity index (χ2v) is 2.80. The molecule has 1 N–H and O–H groups in total. The van der Waals surface area contributed by atoms with Gasteiger partial charge in [-0.2, -0.15) is 12.6 Å². The molecule has 1 unspecified atom stereocenters. The lowest BCUT2D eigenvalue weighted by Gasteiger charge is -2.21. The first kappa shape index (κ1) is 8.31. The van der Waals surface area contributed by atoms with E-state index in [-0.39, 0.29) is 12.0 Å². The van der Waals surface area contributed by atoms with Gasteiger partial charge >= 0.3 is 0 Å². The van der Waals surface area contributed by atoms with Gasteiger partial charge in [0.25, 0.3) is 0 Å². The van der Waals surface area contributed by atoms with Crippen molar-refractivity contribution in [3.8, 4) is 0 Å². The van der Waals surface area contributed by atoms with Gasteiger partial charge in [0.15, 0.2) is 0 Å². The van der Waals surface area contributed by atoms with Crippen LogP contribution in [-0.2, 0) is 0 Å². The molecule has 0 aromatic carbocycles. The third-order valence-electron chi connectivity index (χ3n) is 1.62. The average Bonchev–Trinajstić information content (AvgIpc) is 1.87. The molecule has 0 rings (SSSR count). The van der Waals surface area contributed by atoms with Crippen molar-refractivity contribution in [3.63, 3.8) is 0 Å². The van der Waals surface area contributed by atoms with E-state index in [0.717, 1.165) is 12.2 Å². The van der Waals surface area contributed by atoms with Crippen LogP contribution in [0.2, 0.25) is 0 Å². The van der Waals surface area contributed by atoms with Gasteiger partial charge in [0, 0.05) is 6.61 Å². The summed E-state index contributed by atoms with van der Waals surface area (Å²) in [6, 6.07) is 0. The molecule has 1 atom stereocenters. The number of aliphatic hydroxyl groups is 1. The minimum atomic E-state index is 0.0448. The molecule has 2 heteroatoms. The van der Waals surface area contributed by atoms with Crippen molar-refractivity contribution in [2.24, 2.45) is 5.41 Å². The third kappa shape index (κ3) is 2.05. The molecule has 0 aliphatic heterocycles. The van der Waals surface area contributed by atoms with Gasteiger partial charge in [-0.25, -0.2) is 0 Å². The lowest BCUT2D eigenvalue weighted by Crippen LogP contribution is -2.21. The van der Waals surface area contributed by atoms with Gasteiger partial charge in [-0.15, -0.1) is 0 Å². The van der Waals surface area contributed by atoms with Crippen molar-refractivity contribution in [3.05, 3.63) is 0 Å². The summed E-state index contributed by atoms with van der Waals surface area (Å²) in [6.45, 7) is 4.33. The van der Waals surface area contributed by atoms with Crippen LogP contribution in [0.4, 0.5) is 0 Å². The van der Waals surface area contributed by atoms with E-state index in [0.29, 0.717) is 0 Å². The molecule has 0 aliphatic rings. The van der Waals surface area contributed by atoms with E-state index in [1.54, 1.807) is 0 Å². The van der Waals surface area contributed by atoms with Gasteiger partial charge in [0.1, 0.15) is 0 Å². The number of hydrogen-bond donors (Lipinski definition) is 2. The standard InChI is InChI=1S/C6H14OS/c1-3-6(2,4-7)5-8/h7-8H,3-5H2,1-2H3. The zero-order valence-corrected chi connectivity index (χ0v) is 6.41. The van der Waals surface area contributed by atoms with Gasteiger partial charge in [-0.05, 0) is 17.6 Å². The number of aliphatic hydroxyl groups excluding tert-OH is 1. The zero-order chi connectivity index (χ0) is 6.62. The summed E-state index contributed by atoms with van der Waals surface area (Å²) in [5.74, 6) is 0.764. The van der Waals surface area contributed by atoms with Crippen molar-refractivity contribution in [1.29, 1.82) is 0 Å². The Kier molecular flexibility index (Phi) is 3.49. The largest absolute Gasteiger partial charge is 0.396 e. The van der Waals surface area contributed by atoms with E-state index >= 15 is 0 Å².